The molecule has 0 spiro atoms. The number of hydrogen-bond acceptors (Lipinski definition) is 5. The molecule has 1 aliphatic rings. The molecule has 2 aromatic rings. The number of amides is 2. The average Bonchev–Trinajstić information content (AvgIpc) is 2.99. The maximum atomic E-state index is 12.4. The van der Waals surface area contributed by atoms with Gasteiger partial charge in [0.25, 0.3) is 11.8 Å². The number of carbonyl (C=O) groups excluding carboxylic acids is 2. The summed E-state index contributed by atoms with van der Waals surface area (Å²) in [7, 11) is 0. The minimum Gasteiger partial charge on any atom is -0.459 e. The standard InChI is InChI=1S/C15H16N4O3/c20-14(12-9-16-11-17-10-12)18-4-2-5-19(7-6-18)15(21)13-3-1-8-22-13/h1,3,8-11H,2,4-7H2. The summed E-state index contributed by atoms with van der Waals surface area (Å²) in [6, 6.07) is 3.34. The van der Waals surface area contributed by atoms with Gasteiger partial charge in [-0.05, 0) is 18.6 Å². The van der Waals surface area contributed by atoms with Crippen molar-refractivity contribution >= 4 is 11.8 Å². The number of furan rings is 1. The molecule has 0 radical (unpaired) electrons. The minimum atomic E-state index is -0.137. The Morgan fingerprint density at radius 2 is 1.68 bits per heavy atom. The van der Waals surface area contributed by atoms with Crippen LogP contribution in [-0.2, 0) is 0 Å². The maximum Gasteiger partial charge on any atom is 0.289 e. The van der Waals surface area contributed by atoms with E-state index in [1.807, 2.05) is 0 Å². The average molecular weight is 300 g/mol. The van der Waals surface area contributed by atoms with Crippen LogP contribution in [-0.4, -0.2) is 57.8 Å². The highest BCUT2D eigenvalue weighted by Crippen LogP contribution is 2.11. The quantitative estimate of drug-likeness (QED) is 0.828. The second kappa shape index (κ2) is 6.38. The van der Waals surface area contributed by atoms with E-state index in [1.54, 1.807) is 21.9 Å². The molecule has 3 rings (SSSR count). The molecule has 0 unspecified atom stereocenters. The van der Waals surface area contributed by atoms with E-state index in [1.165, 1.54) is 25.0 Å². The van der Waals surface area contributed by atoms with Crippen LogP contribution in [0.25, 0.3) is 0 Å². The molecule has 0 saturated carbocycles. The molecular formula is C15H16N4O3. The van der Waals surface area contributed by atoms with Crippen molar-refractivity contribution in [3.8, 4) is 0 Å². The van der Waals surface area contributed by atoms with Gasteiger partial charge in [-0.15, -0.1) is 0 Å². The molecule has 22 heavy (non-hydrogen) atoms. The molecule has 0 bridgehead atoms. The van der Waals surface area contributed by atoms with Gasteiger partial charge in [0, 0.05) is 38.6 Å². The first-order chi connectivity index (χ1) is 10.8. The summed E-state index contributed by atoms with van der Waals surface area (Å²) in [4.78, 5) is 35.8. The van der Waals surface area contributed by atoms with Gasteiger partial charge in [0.15, 0.2) is 5.76 Å². The molecule has 0 atom stereocenters. The summed E-state index contributed by atoms with van der Waals surface area (Å²) in [6.07, 6.45) is 6.61. The highest BCUT2D eigenvalue weighted by atomic mass is 16.3. The second-order valence-corrected chi connectivity index (χ2v) is 5.04. The van der Waals surface area contributed by atoms with E-state index in [-0.39, 0.29) is 11.8 Å². The first-order valence-corrected chi connectivity index (χ1v) is 7.13. The fourth-order valence-electron chi connectivity index (χ4n) is 2.47. The van der Waals surface area contributed by atoms with Crippen LogP contribution in [0.5, 0.6) is 0 Å². The molecule has 1 aliphatic heterocycles. The van der Waals surface area contributed by atoms with Gasteiger partial charge >= 0.3 is 0 Å². The summed E-state index contributed by atoms with van der Waals surface area (Å²) < 4.78 is 5.14. The monoisotopic (exact) mass is 300 g/mol. The van der Waals surface area contributed by atoms with E-state index in [9.17, 15) is 9.59 Å². The molecular weight excluding hydrogens is 284 g/mol. The van der Waals surface area contributed by atoms with Crippen molar-refractivity contribution in [1.82, 2.24) is 19.8 Å². The van der Waals surface area contributed by atoms with E-state index >= 15 is 0 Å². The van der Waals surface area contributed by atoms with Gasteiger partial charge in [-0.2, -0.15) is 0 Å². The first kappa shape index (κ1) is 14.2. The molecule has 0 aliphatic carbocycles. The van der Waals surface area contributed by atoms with Gasteiger partial charge < -0.3 is 14.2 Å². The van der Waals surface area contributed by atoms with E-state index in [0.29, 0.717) is 37.5 Å². The van der Waals surface area contributed by atoms with Crippen LogP contribution in [0.4, 0.5) is 0 Å². The Kier molecular flexibility index (Phi) is 4.13. The smallest absolute Gasteiger partial charge is 0.289 e. The van der Waals surface area contributed by atoms with Gasteiger partial charge in [0.2, 0.25) is 0 Å². The summed E-state index contributed by atoms with van der Waals surface area (Å²) >= 11 is 0. The fraction of sp³-hybridized carbons (Fsp3) is 0.333. The molecule has 2 aromatic heterocycles. The summed E-state index contributed by atoms with van der Waals surface area (Å²) in [6.45, 7) is 2.18. The van der Waals surface area contributed by atoms with Crippen LogP contribution in [0.3, 0.4) is 0 Å². The van der Waals surface area contributed by atoms with Crippen LogP contribution in [0.1, 0.15) is 27.3 Å². The molecule has 114 valence electrons. The SMILES string of the molecule is O=C(c1cncnc1)N1CCCN(C(=O)c2ccco2)CC1. The zero-order valence-corrected chi connectivity index (χ0v) is 12.0. The van der Waals surface area contributed by atoms with Crippen molar-refractivity contribution in [2.45, 2.75) is 6.42 Å². The Bertz CT molecular complexity index is 642. The molecule has 1 saturated heterocycles. The second-order valence-electron chi connectivity index (χ2n) is 5.04. The van der Waals surface area contributed by atoms with Crippen molar-refractivity contribution in [1.29, 1.82) is 0 Å². The first-order valence-electron chi connectivity index (χ1n) is 7.13. The third-order valence-electron chi connectivity index (χ3n) is 3.61. The van der Waals surface area contributed by atoms with Gasteiger partial charge in [0.1, 0.15) is 6.33 Å². The lowest BCUT2D eigenvalue weighted by Gasteiger charge is -2.21. The molecule has 0 aromatic carbocycles. The van der Waals surface area contributed by atoms with Gasteiger partial charge in [-0.3, -0.25) is 9.59 Å². The van der Waals surface area contributed by atoms with Gasteiger partial charge in [0.05, 0.1) is 11.8 Å². The molecule has 2 amide bonds. The highest BCUT2D eigenvalue weighted by Gasteiger charge is 2.24. The molecule has 7 nitrogen and oxygen atoms in total. The molecule has 3 heterocycles. The van der Waals surface area contributed by atoms with E-state index in [0.717, 1.165) is 6.42 Å². The third kappa shape index (κ3) is 2.98. The van der Waals surface area contributed by atoms with Crippen LogP contribution in [0.15, 0.2) is 41.5 Å². The van der Waals surface area contributed by atoms with Gasteiger partial charge in [-0.25, -0.2) is 9.97 Å². The summed E-state index contributed by atoms with van der Waals surface area (Å²) in [5.41, 5.74) is 0.466. The normalized spacial score (nSPS) is 15.5. The minimum absolute atomic E-state index is 0.104. The topological polar surface area (TPSA) is 79.5 Å². The van der Waals surface area contributed by atoms with Crippen LogP contribution >= 0.6 is 0 Å². The number of hydrogen-bond donors (Lipinski definition) is 0. The Morgan fingerprint density at radius 3 is 2.32 bits per heavy atom. The Morgan fingerprint density at radius 1 is 1.00 bits per heavy atom. The number of aromatic nitrogens is 2. The zero-order valence-electron chi connectivity index (χ0n) is 12.0. The zero-order chi connectivity index (χ0) is 15.4. The third-order valence-corrected chi connectivity index (χ3v) is 3.61. The van der Waals surface area contributed by atoms with Gasteiger partial charge in [-0.1, -0.05) is 0 Å². The summed E-state index contributed by atoms with van der Waals surface area (Å²) in [5, 5.41) is 0. The Labute approximate surface area is 127 Å². The molecule has 1 fully saturated rings. The lowest BCUT2D eigenvalue weighted by atomic mass is 10.3. The van der Waals surface area contributed by atoms with Crippen molar-refractivity contribution in [3.05, 3.63) is 48.4 Å². The lowest BCUT2D eigenvalue weighted by molar-refractivity contribution is 0.0700. The maximum absolute atomic E-state index is 12.4. The number of rotatable bonds is 2. The van der Waals surface area contributed by atoms with Crippen LogP contribution in [0, 0.1) is 0 Å². The molecule has 0 N–H and O–H groups in total. The summed E-state index contributed by atoms with van der Waals surface area (Å²) in [5.74, 6) is 0.0893. The highest BCUT2D eigenvalue weighted by molar-refractivity contribution is 5.94. The predicted octanol–water partition coefficient (Wildman–Crippen LogP) is 1.06. The lowest BCUT2D eigenvalue weighted by Crippen LogP contribution is -2.37. The number of carbonyl (C=O) groups is 2. The van der Waals surface area contributed by atoms with E-state index in [4.69, 9.17) is 4.42 Å². The van der Waals surface area contributed by atoms with Crippen molar-refractivity contribution < 1.29 is 14.0 Å². The largest absolute Gasteiger partial charge is 0.459 e. The van der Waals surface area contributed by atoms with E-state index in [2.05, 4.69) is 9.97 Å². The number of nitrogens with zero attached hydrogens (tertiary/aromatic N) is 4. The van der Waals surface area contributed by atoms with Crippen LogP contribution in [0.2, 0.25) is 0 Å². The predicted molar refractivity (Wildman–Crippen MR) is 77.2 cm³/mol. The Hall–Kier alpha value is -2.70. The van der Waals surface area contributed by atoms with Crippen molar-refractivity contribution in [2.75, 3.05) is 26.2 Å². The fourth-order valence-corrected chi connectivity index (χ4v) is 2.47. The van der Waals surface area contributed by atoms with Crippen molar-refractivity contribution in [2.24, 2.45) is 0 Å². The van der Waals surface area contributed by atoms with E-state index < -0.39 is 0 Å². The Balaban J connectivity index is 1.65. The van der Waals surface area contributed by atoms with Crippen molar-refractivity contribution in [3.63, 3.8) is 0 Å². The van der Waals surface area contributed by atoms with Crippen LogP contribution < -0.4 is 0 Å². The molecule has 7 heteroatoms.